The van der Waals surface area contributed by atoms with E-state index in [-0.39, 0.29) is 0 Å². The van der Waals surface area contributed by atoms with E-state index in [1.54, 1.807) is 0 Å². The van der Waals surface area contributed by atoms with Gasteiger partial charge in [0, 0.05) is 23.9 Å². The summed E-state index contributed by atoms with van der Waals surface area (Å²) < 4.78 is 2.02. The van der Waals surface area contributed by atoms with E-state index in [1.807, 2.05) is 39.3 Å². The molecule has 1 N–H and O–H groups in total. The lowest BCUT2D eigenvalue weighted by atomic mass is 9.71. The first-order valence-electron chi connectivity index (χ1n) is 9.91. The SMILES string of the molecule is CCCC(CC)(C(=O)O)c1c(C)nc2nc(C)n(C)c2c1-c1ccc(C)cc1. The van der Waals surface area contributed by atoms with Crippen molar-refractivity contribution in [3.8, 4) is 11.1 Å². The number of aryl methyl sites for hydroxylation is 4. The Kier molecular flexibility index (Phi) is 5.28. The number of aliphatic carboxylic acids is 1. The number of carbonyl (C=O) groups is 1. The highest BCUT2D eigenvalue weighted by molar-refractivity contribution is 5.97. The molecule has 0 aliphatic rings. The Morgan fingerprint density at radius 3 is 2.29 bits per heavy atom. The van der Waals surface area contributed by atoms with Gasteiger partial charge in [0.15, 0.2) is 5.65 Å². The Morgan fingerprint density at radius 2 is 1.75 bits per heavy atom. The molecule has 0 fully saturated rings. The third kappa shape index (κ3) is 2.99. The van der Waals surface area contributed by atoms with Gasteiger partial charge in [-0.3, -0.25) is 4.79 Å². The van der Waals surface area contributed by atoms with Crippen LogP contribution in [0.2, 0.25) is 0 Å². The minimum atomic E-state index is -0.974. The second-order valence-corrected chi connectivity index (χ2v) is 7.69. The van der Waals surface area contributed by atoms with Crippen LogP contribution in [0.1, 0.15) is 55.8 Å². The van der Waals surface area contributed by atoms with Crippen LogP contribution in [0, 0.1) is 20.8 Å². The number of hydrogen-bond acceptors (Lipinski definition) is 3. The van der Waals surface area contributed by atoms with Crippen molar-refractivity contribution in [3.05, 3.63) is 46.9 Å². The zero-order chi connectivity index (χ0) is 20.6. The molecule has 2 heterocycles. The van der Waals surface area contributed by atoms with Gasteiger partial charge in [-0.25, -0.2) is 9.97 Å². The minimum absolute atomic E-state index is 0.514. The zero-order valence-corrected chi connectivity index (χ0v) is 17.6. The molecule has 0 spiro atoms. The van der Waals surface area contributed by atoms with Gasteiger partial charge < -0.3 is 9.67 Å². The van der Waals surface area contributed by atoms with Gasteiger partial charge >= 0.3 is 5.97 Å². The molecule has 1 unspecified atom stereocenters. The summed E-state index contributed by atoms with van der Waals surface area (Å²) in [4.78, 5) is 22.0. The fourth-order valence-electron chi connectivity index (χ4n) is 4.32. The predicted octanol–water partition coefficient (Wildman–Crippen LogP) is 5.09. The molecule has 2 aromatic heterocycles. The Hall–Kier alpha value is -2.69. The van der Waals surface area contributed by atoms with E-state index in [2.05, 4.69) is 36.2 Å². The monoisotopic (exact) mass is 379 g/mol. The van der Waals surface area contributed by atoms with Gasteiger partial charge in [-0.05, 0) is 39.2 Å². The van der Waals surface area contributed by atoms with Crippen LogP contribution in [0.3, 0.4) is 0 Å². The maximum atomic E-state index is 12.6. The van der Waals surface area contributed by atoms with Gasteiger partial charge in [0.25, 0.3) is 0 Å². The molecule has 0 aliphatic heterocycles. The molecule has 0 amide bonds. The van der Waals surface area contributed by atoms with E-state index in [9.17, 15) is 9.90 Å². The molecule has 0 aliphatic carbocycles. The van der Waals surface area contributed by atoms with E-state index >= 15 is 0 Å². The summed E-state index contributed by atoms with van der Waals surface area (Å²) in [6.45, 7) is 9.91. The summed E-state index contributed by atoms with van der Waals surface area (Å²) >= 11 is 0. The largest absolute Gasteiger partial charge is 0.481 e. The number of carboxylic acids is 1. The van der Waals surface area contributed by atoms with Crippen molar-refractivity contribution < 1.29 is 9.90 Å². The Balaban J connectivity index is 2.53. The van der Waals surface area contributed by atoms with Crippen LogP contribution >= 0.6 is 0 Å². The minimum Gasteiger partial charge on any atom is -0.481 e. The van der Waals surface area contributed by atoms with E-state index < -0.39 is 11.4 Å². The van der Waals surface area contributed by atoms with Crippen LogP contribution in [-0.4, -0.2) is 25.6 Å². The van der Waals surface area contributed by atoms with Crippen molar-refractivity contribution in [2.24, 2.45) is 7.05 Å². The molecule has 5 heteroatoms. The van der Waals surface area contributed by atoms with Crippen molar-refractivity contribution in [1.29, 1.82) is 0 Å². The van der Waals surface area contributed by atoms with Gasteiger partial charge in [0.1, 0.15) is 5.82 Å². The first-order chi connectivity index (χ1) is 13.3. The van der Waals surface area contributed by atoms with Crippen LogP contribution in [0.5, 0.6) is 0 Å². The number of hydrogen-bond donors (Lipinski definition) is 1. The second-order valence-electron chi connectivity index (χ2n) is 7.69. The van der Waals surface area contributed by atoms with Crippen LogP contribution in [0.4, 0.5) is 0 Å². The first-order valence-corrected chi connectivity index (χ1v) is 9.91. The van der Waals surface area contributed by atoms with E-state index in [1.165, 1.54) is 5.56 Å². The number of pyridine rings is 1. The number of carboxylic acid groups (broad SMARTS) is 1. The van der Waals surface area contributed by atoms with Crippen LogP contribution in [0.15, 0.2) is 24.3 Å². The summed E-state index contributed by atoms with van der Waals surface area (Å²) in [5.41, 5.74) is 5.29. The fraction of sp³-hybridized carbons (Fsp3) is 0.435. The number of nitrogens with zero attached hydrogens (tertiary/aromatic N) is 3. The van der Waals surface area contributed by atoms with Crippen molar-refractivity contribution >= 4 is 17.1 Å². The number of benzene rings is 1. The third-order valence-corrected chi connectivity index (χ3v) is 5.93. The number of imidazole rings is 1. The molecule has 0 bridgehead atoms. The van der Waals surface area contributed by atoms with Crippen LogP contribution in [0.25, 0.3) is 22.3 Å². The van der Waals surface area contributed by atoms with Gasteiger partial charge in [0.05, 0.1) is 10.9 Å². The zero-order valence-electron chi connectivity index (χ0n) is 17.6. The number of aromatic nitrogens is 3. The summed E-state index contributed by atoms with van der Waals surface area (Å²) in [7, 11) is 1.97. The lowest BCUT2D eigenvalue weighted by Crippen LogP contribution is -2.37. The maximum absolute atomic E-state index is 12.6. The molecule has 5 nitrogen and oxygen atoms in total. The highest BCUT2D eigenvalue weighted by Crippen LogP contribution is 2.44. The fourth-order valence-corrected chi connectivity index (χ4v) is 4.32. The first kappa shape index (κ1) is 20.1. The van der Waals surface area contributed by atoms with E-state index in [0.717, 1.165) is 40.1 Å². The van der Waals surface area contributed by atoms with Crippen LogP contribution < -0.4 is 0 Å². The highest BCUT2D eigenvalue weighted by Gasteiger charge is 2.42. The summed E-state index contributed by atoms with van der Waals surface area (Å²) in [6, 6.07) is 8.28. The molecule has 3 rings (SSSR count). The van der Waals surface area contributed by atoms with Crippen LogP contribution in [-0.2, 0) is 17.3 Å². The molecule has 0 radical (unpaired) electrons. The quantitative estimate of drug-likeness (QED) is 0.647. The lowest BCUT2D eigenvalue weighted by molar-refractivity contribution is -0.144. The highest BCUT2D eigenvalue weighted by atomic mass is 16.4. The van der Waals surface area contributed by atoms with Gasteiger partial charge in [-0.2, -0.15) is 0 Å². The topological polar surface area (TPSA) is 68.0 Å². The standard InChI is InChI=1S/C23H29N3O2/c1-7-13-23(8-2,22(27)28)19-15(4)24-21-20(26(6)16(5)25-21)18(19)17-11-9-14(3)10-12-17/h9-12H,7-8,13H2,1-6H3,(H,27,28). The molecule has 1 atom stereocenters. The molecule has 3 aromatic rings. The van der Waals surface area contributed by atoms with Crippen molar-refractivity contribution in [3.63, 3.8) is 0 Å². The number of rotatable bonds is 6. The van der Waals surface area contributed by atoms with Gasteiger partial charge in [-0.15, -0.1) is 0 Å². The Morgan fingerprint density at radius 1 is 1.11 bits per heavy atom. The summed E-state index contributed by atoms with van der Waals surface area (Å²) in [5, 5.41) is 10.3. The average molecular weight is 380 g/mol. The van der Waals surface area contributed by atoms with Gasteiger partial charge in [-0.1, -0.05) is 50.1 Å². The van der Waals surface area contributed by atoms with Crippen molar-refractivity contribution in [2.45, 2.75) is 59.3 Å². The number of fused-ring (bicyclic) bond motifs is 1. The summed E-state index contributed by atoms with van der Waals surface area (Å²) in [5.74, 6) is 0.0775. The van der Waals surface area contributed by atoms with E-state index in [4.69, 9.17) is 4.98 Å². The second kappa shape index (κ2) is 7.38. The smallest absolute Gasteiger partial charge is 0.314 e. The lowest BCUT2D eigenvalue weighted by Gasteiger charge is -2.32. The predicted molar refractivity (Wildman–Crippen MR) is 113 cm³/mol. The Labute approximate surface area is 166 Å². The van der Waals surface area contributed by atoms with Crippen molar-refractivity contribution in [1.82, 2.24) is 14.5 Å². The third-order valence-electron chi connectivity index (χ3n) is 5.93. The maximum Gasteiger partial charge on any atom is 0.314 e. The molecular weight excluding hydrogens is 350 g/mol. The molecule has 0 saturated heterocycles. The molecule has 28 heavy (non-hydrogen) atoms. The molecule has 148 valence electrons. The molecular formula is C23H29N3O2. The average Bonchev–Trinajstić information content (AvgIpc) is 2.93. The Bertz CT molecular complexity index is 1030. The molecule has 1 aromatic carbocycles. The molecule has 0 saturated carbocycles. The normalized spacial score (nSPS) is 13.6. The van der Waals surface area contributed by atoms with E-state index in [0.29, 0.717) is 18.5 Å². The van der Waals surface area contributed by atoms with Crippen molar-refractivity contribution in [2.75, 3.05) is 0 Å². The van der Waals surface area contributed by atoms with Gasteiger partial charge in [0.2, 0.25) is 0 Å². The summed E-state index contributed by atoms with van der Waals surface area (Å²) in [6.07, 6.45) is 1.87.